The molecule has 0 saturated carbocycles. The van der Waals surface area contributed by atoms with Crippen LogP contribution in [0.1, 0.15) is 11.6 Å². The summed E-state index contributed by atoms with van der Waals surface area (Å²) in [7, 11) is 3.17. The van der Waals surface area contributed by atoms with Gasteiger partial charge in [-0.1, -0.05) is 6.07 Å². The lowest BCUT2D eigenvalue weighted by Gasteiger charge is -2.44. The first kappa shape index (κ1) is 13.1. The molecule has 2 rings (SSSR count). The van der Waals surface area contributed by atoms with E-state index in [-0.39, 0.29) is 18.1 Å². The van der Waals surface area contributed by atoms with Gasteiger partial charge in [-0.2, -0.15) is 0 Å². The van der Waals surface area contributed by atoms with Crippen molar-refractivity contribution < 1.29 is 19.3 Å². The monoisotopic (exact) mass is 253 g/mol. The Kier molecular flexibility index (Phi) is 3.75. The van der Waals surface area contributed by atoms with E-state index in [0.717, 1.165) is 5.56 Å². The van der Waals surface area contributed by atoms with Crippen LogP contribution in [0.15, 0.2) is 18.2 Å². The molecule has 0 aromatic heterocycles. The molecule has 5 heteroatoms. The van der Waals surface area contributed by atoms with Crippen LogP contribution in [0.4, 0.5) is 0 Å². The van der Waals surface area contributed by atoms with Crippen molar-refractivity contribution in [3.05, 3.63) is 23.8 Å². The molecule has 1 aromatic carbocycles. The lowest BCUT2D eigenvalue weighted by atomic mass is 9.76. The Morgan fingerprint density at radius 2 is 2.00 bits per heavy atom. The molecule has 1 aliphatic heterocycles. The van der Waals surface area contributed by atoms with E-state index in [1.54, 1.807) is 14.2 Å². The largest absolute Gasteiger partial charge is 0.493 e. The van der Waals surface area contributed by atoms with E-state index >= 15 is 0 Å². The van der Waals surface area contributed by atoms with Crippen molar-refractivity contribution in [3.63, 3.8) is 0 Å². The van der Waals surface area contributed by atoms with Crippen LogP contribution in [-0.2, 0) is 4.74 Å². The lowest BCUT2D eigenvalue weighted by molar-refractivity contribution is -0.150. The molecule has 100 valence electrons. The molecule has 0 bridgehead atoms. The fourth-order valence-corrected chi connectivity index (χ4v) is 2.13. The Hall–Kier alpha value is -1.30. The first-order valence-electron chi connectivity index (χ1n) is 5.83. The topological polar surface area (TPSA) is 73.9 Å². The maximum Gasteiger partial charge on any atom is 0.161 e. The molecule has 3 N–H and O–H groups in total. The minimum atomic E-state index is -0.375. The third-order valence-corrected chi connectivity index (χ3v) is 3.52. The summed E-state index contributed by atoms with van der Waals surface area (Å²) in [6, 6.07) is 5.27. The van der Waals surface area contributed by atoms with Crippen molar-refractivity contribution in [2.75, 3.05) is 34.0 Å². The maximum absolute atomic E-state index is 9.48. The summed E-state index contributed by atoms with van der Waals surface area (Å²) in [5.41, 5.74) is 6.76. The van der Waals surface area contributed by atoms with Gasteiger partial charge in [-0.15, -0.1) is 0 Å². The minimum Gasteiger partial charge on any atom is -0.493 e. The molecule has 0 spiro atoms. The number of methoxy groups -OCH3 is 2. The zero-order chi connectivity index (χ0) is 13.2. The number of ether oxygens (including phenoxy) is 3. The summed E-state index contributed by atoms with van der Waals surface area (Å²) in [6.45, 7) is 0.987. The van der Waals surface area contributed by atoms with Crippen molar-refractivity contribution in [2.24, 2.45) is 11.1 Å². The van der Waals surface area contributed by atoms with E-state index in [0.29, 0.717) is 24.7 Å². The van der Waals surface area contributed by atoms with E-state index < -0.39 is 0 Å². The van der Waals surface area contributed by atoms with Gasteiger partial charge in [0.05, 0.1) is 39.5 Å². The molecule has 1 saturated heterocycles. The zero-order valence-electron chi connectivity index (χ0n) is 10.7. The lowest BCUT2D eigenvalue weighted by Crippen LogP contribution is -2.52. The number of hydrogen-bond donors (Lipinski definition) is 2. The summed E-state index contributed by atoms with van der Waals surface area (Å²) in [5, 5.41) is 9.48. The van der Waals surface area contributed by atoms with Gasteiger partial charge in [0.15, 0.2) is 11.5 Å². The molecule has 1 unspecified atom stereocenters. The smallest absolute Gasteiger partial charge is 0.161 e. The molecular formula is C13H19NO4. The highest BCUT2D eigenvalue weighted by Gasteiger charge is 2.44. The van der Waals surface area contributed by atoms with Crippen LogP contribution in [0.3, 0.4) is 0 Å². The van der Waals surface area contributed by atoms with Crippen LogP contribution in [0.25, 0.3) is 0 Å². The van der Waals surface area contributed by atoms with Crippen molar-refractivity contribution in [1.29, 1.82) is 0 Å². The van der Waals surface area contributed by atoms with Gasteiger partial charge in [-0.05, 0) is 17.7 Å². The molecule has 1 aliphatic rings. The molecule has 5 nitrogen and oxygen atoms in total. The second kappa shape index (κ2) is 5.14. The van der Waals surface area contributed by atoms with E-state index in [1.807, 2.05) is 18.2 Å². The van der Waals surface area contributed by atoms with Gasteiger partial charge >= 0.3 is 0 Å². The molecule has 1 aromatic rings. The Morgan fingerprint density at radius 3 is 2.44 bits per heavy atom. The predicted octanol–water partition coefficient (Wildman–Crippen LogP) is 0.712. The van der Waals surface area contributed by atoms with Gasteiger partial charge in [-0.3, -0.25) is 0 Å². The molecule has 0 radical (unpaired) electrons. The van der Waals surface area contributed by atoms with Crippen molar-refractivity contribution >= 4 is 0 Å². The second-order valence-corrected chi connectivity index (χ2v) is 4.61. The van der Waals surface area contributed by atoms with Crippen LogP contribution in [0.2, 0.25) is 0 Å². The highest BCUT2D eigenvalue weighted by atomic mass is 16.5. The Bertz CT molecular complexity index is 412. The van der Waals surface area contributed by atoms with E-state index in [4.69, 9.17) is 19.9 Å². The third kappa shape index (κ3) is 2.05. The van der Waals surface area contributed by atoms with E-state index in [9.17, 15) is 5.11 Å². The third-order valence-electron chi connectivity index (χ3n) is 3.52. The summed E-state index contributed by atoms with van der Waals surface area (Å²) < 4.78 is 15.6. The maximum atomic E-state index is 9.48. The summed E-state index contributed by atoms with van der Waals surface area (Å²) >= 11 is 0. The molecule has 1 atom stereocenters. The van der Waals surface area contributed by atoms with Crippen molar-refractivity contribution in [3.8, 4) is 11.5 Å². The highest BCUT2D eigenvalue weighted by Crippen LogP contribution is 2.40. The van der Waals surface area contributed by atoms with Gasteiger partial charge in [0.25, 0.3) is 0 Å². The zero-order valence-corrected chi connectivity index (χ0v) is 10.7. The number of nitrogens with two attached hydrogens (primary N) is 1. The Morgan fingerprint density at radius 1 is 1.33 bits per heavy atom. The molecule has 1 heterocycles. The van der Waals surface area contributed by atoms with Crippen molar-refractivity contribution in [1.82, 2.24) is 0 Å². The van der Waals surface area contributed by atoms with Crippen LogP contribution in [0.5, 0.6) is 11.5 Å². The minimum absolute atomic E-state index is 0.0164. The SMILES string of the molecule is COc1ccc(C(N)C2(CO)COC2)cc1OC. The normalized spacial score (nSPS) is 18.9. The quantitative estimate of drug-likeness (QED) is 0.808. The van der Waals surface area contributed by atoms with Crippen LogP contribution < -0.4 is 15.2 Å². The fraction of sp³-hybridized carbons (Fsp3) is 0.538. The molecule has 18 heavy (non-hydrogen) atoms. The second-order valence-electron chi connectivity index (χ2n) is 4.61. The average molecular weight is 253 g/mol. The highest BCUT2D eigenvalue weighted by molar-refractivity contribution is 5.44. The molecule has 1 fully saturated rings. The van der Waals surface area contributed by atoms with Gasteiger partial charge < -0.3 is 25.1 Å². The molecule has 0 aliphatic carbocycles. The first-order chi connectivity index (χ1) is 8.66. The average Bonchev–Trinajstić information content (AvgIpc) is 2.37. The van der Waals surface area contributed by atoms with Gasteiger partial charge in [0.1, 0.15) is 0 Å². The summed E-state index contributed by atoms with van der Waals surface area (Å²) in [5.74, 6) is 1.30. The fourth-order valence-electron chi connectivity index (χ4n) is 2.13. The standard InChI is InChI=1S/C13H19NO4/c1-16-10-4-3-9(5-11(10)17-2)12(14)13(6-15)7-18-8-13/h3-5,12,15H,6-8,14H2,1-2H3. The van der Waals surface area contributed by atoms with E-state index in [2.05, 4.69) is 0 Å². The van der Waals surface area contributed by atoms with Crippen LogP contribution in [0, 0.1) is 5.41 Å². The number of aliphatic hydroxyl groups excluding tert-OH is 1. The predicted molar refractivity (Wildman–Crippen MR) is 66.8 cm³/mol. The van der Waals surface area contributed by atoms with E-state index in [1.165, 1.54) is 0 Å². The summed E-state index contributed by atoms with van der Waals surface area (Å²) in [6.07, 6.45) is 0. The number of hydrogen-bond acceptors (Lipinski definition) is 5. The number of rotatable bonds is 5. The summed E-state index contributed by atoms with van der Waals surface area (Å²) in [4.78, 5) is 0. The van der Waals surface area contributed by atoms with Gasteiger partial charge in [0, 0.05) is 6.04 Å². The van der Waals surface area contributed by atoms with Gasteiger partial charge in [0.2, 0.25) is 0 Å². The Labute approximate surface area is 106 Å². The van der Waals surface area contributed by atoms with Crippen molar-refractivity contribution in [2.45, 2.75) is 6.04 Å². The molecular weight excluding hydrogens is 234 g/mol. The number of aliphatic hydroxyl groups is 1. The van der Waals surface area contributed by atoms with Crippen LogP contribution >= 0.6 is 0 Å². The van der Waals surface area contributed by atoms with Gasteiger partial charge in [-0.25, -0.2) is 0 Å². The first-order valence-corrected chi connectivity index (χ1v) is 5.83. The number of benzene rings is 1. The molecule has 0 amide bonds. The van der Waals surface area contributed by atoms with Crippen LogP contribution in [-0.4, -0.2) is 39.1 Å². The Balaban J connectivity index is 2.28.